The van der Waals surface area contributed by atoms with Crippen molar-refractivity contribution in [2.45, 2.75) is 38.1 Å². The number of para-hydroxylation sites is 1. The lowest BCUT2D eigenvalue weighted by Crippen LogP contribution is -2.45. The molecular weight excluding hydrogens is 352 g/mol. The molecule has 0 saturated carbocycles. The maximum Gasteiger partial charge on any atom is 0.337 e. The molecule has 2 aliphatic rings. The molecule has 2 atom stereocenters. The standard InChI is InChI=1S/C23H26N2O3/c1-23(2)20(28-21-14-16-7-5-6-8-18(16)25(21)23)12-10-15-9-11-19(24(3)4)17(13-15)22(26)27/h5-13,20-21H,14H2,1-4H3,(H,26,27). The van der Waals surface area contributed by atoms with Gasteiger partial charge in [0.15, 0.2) is 0 Å². The SMILES string of the molecule is CN(C)c1ccc(C=CC2OC3Cc4ccccc4N3C2(C)C)cc1C(=O)O. The second-order valence-corrected chi connectivity index (χ2v) is 8.20. The van der Waals surface area contributed by atoms with Crippen molar-refractivity contribution < 1.29 is 14.6 Å². The van der Waals surface area contributed by atoms with Gasteiger partial charge in [-0.15, -0.1) is 0 Å². The minimum absolute atomic E-state index is 0.0488. The topological polar surface area (TPSA) is 53.0 Å². The highest BCUT2D eigenvalue weighted by atomic mass is 16.5. The Morgan fingerprint density at radius 3 is 2.71 bits per heavy atom. The molecule has 0 bridgehead atoms. The van der Waals surface area contributed by atoms with Crippen LogP contribution in [0.2, 0.25) is 0 Å². The first-order chi connectivity index (χ1) is 13.3. The summed E-state index contributed by atoms with van der Waals surface area (Å²) in [4.78, 5) is 15.8. The van der Waals surface area contributed by atoms with E-state index >= 15 is 0 Å². The fraction of sp³-hybridized carbons (Fsp3) is 0.348. The summed E-state index contributed by atoms with van der Waals surface area (Å²) in [5, 5.41) is 9.52. The first-order valence-corrected chi connectivity index (χ1v) is 9.54. The van der Waals surface area contributed by atoms with Gasteiger partial charge in [-0.2, -0.15) is 0 Å². The first kappa shape index (κ1) is 18.6. The summed E-state index contributed by atoms with van der Waals surface area (Å²) in [5.41, 5.74) is 4.24. The Morgan fingerprint density at radius 1 is 1.25 bits per heavy atom. The smallest absolute Gasteiger partial charge is 0.337 e. The molecule has 2 aliphatic heterocycles. The maximum atomic E-state index is 11.6. The van der Waals surface area contributed by atoms with Gasteiger partial charge in [0.05, 0.1) is 16.8 Å². The summed E-state index contributed by atoms with van der Waals surface area (Å²) < 4.78 is 6.36. The van der Waals surface area contributed by atoms with E-state index in [0.29, 0.717) is 11.3 Å². The van der Waals surface area contributed by atoms with Crippen LogP contribution >= 0.6 is 0 Å². The Balaban J connectivity index is 1.60. The lowest BCUT2D eigenvalue weighted by Gasteiger charge is -2.34. The molecule has 146 valence electrons. The third-order valence-corrected chi connectivity index (χ3v) is 5.75. The van der Waals surface area contributed by atoms with Crippen LogP contribution in [0.15, 0.2) is 48.5 Å². The van der Waals surface area contributed by atoms with Gasteiger partial charge in [0, 0.05) is 26.2 Å². The Bertz CT molecular complexity index is 949. The lowest BCUT2D eigenvalue weighted by atomic mass is 9.94. The Hall–Kier alpha value is -2.79. The number of aromatic carboxylic acids is 1. The summed E-state index contributed by atoms with van der Waals surface area (Å²) in [6.07, 6.45) is 4.88. The van der Waals surface area contributed by atoms with Gasteiger partial charge in [-0.1, -0.05) is 36.4 Å². The van der Waals surface area contributed by atoms with Crippen molar-refractivity contribution >= 4 is 23.4 Å². The summed E-state index contributed by atoms with van der Waals surface area (Å²) in [5.74, 6) is -0.923. The molecule has 0 radical (unpaired) electrons. The average molecular weight is 378 g/mol. The molecule has 4 rings (SSSR count). The van der Waals surface area contributed by atoms with E-state index in [1.165, 1.54) is 11.3 Å². The number of hydrogen-bond acceptors (Lipinski definition) is 4. The molecule has 2 heterocycles. The number of carbonyl (C=O) groups is 1. The van der Waals surface area contributed by atoms with Crippen molar-refractivity contribution in [2.24, 2.45) is 0 Å². The predicted octanol–water partition coefficient (Wildman–Crippen LogP) is 4.03. The quantitative estimate of drug-likeness (QED) is 0.871. The van der Waals surface area contributed by atoms with Gasteiger partial charge in [-0.05, 0) is 43.2 Å². The molecular formula is C23H26N2O3. The molecule has 5 nitrogen and oxygen atoms in total. The van der Waals surface area contributed by atoms with Gasteiger partial charge in [0.25, 0.3) is 0 Å². The van der Waals surface area contributed by atoms with Crippen molar-refractivity contribution in [3.05, 3.63) is 65.2 Å². The molecule has 2 unspecified atom stereocenters. The van der Waals surface area contributed by atoms with Crippen LogP contribution in [0.5, 0.6) is 0 Å². The molecule has 1 fully saturated rings. The number of carboxylic acids is 1. The number of benzene rings is 2. The van der Waals surface area contributed by atoms with Gasteiger partial charge < -0.3 is 19.6 Å². The fourth-order valence-corrected chi connectivity index (χ4v) is 4.31. The Labute approximate surface area is 165 Å². The minimum Gasteiger partial charge on any atom is -0.478 e. The van der Waals surface area contributed by atoms with Crippen LogP contribution < -0.4 is 9.80 Å². The molecule has 0 spiro atoms. The number of rotatable bonds is 4. The van der Waals surface area contributed by atoms with E-state index < -0.39 is 5.97 Å². The monoisotopic (exact) mass is 378 g/mol. The van der Waals surface area contributed by atoms with Gasteiger partial charge in [0.1, 0.15) is 12.3 Å². The van der Waals surface area contributed by atoms with Gasteiger partial charge in [0.2, 0.25) is 0 Å². The van der Waals surface area contributed by atoms with E-state index in [2.05, 4.69) is 49.1 Å². The molecule has 2 aromatic rings. The van der Waals surface area contributed by atoms with Crippen LogP contribution in [0.3, 0.4) is 0 Å². The second kappa shape index (κ2) is 6.67. The molecule has 2 aromatic carbocycles. The largest absolute Gasteiger partial charge is 0.478 e. The zero-order chi connectivity index (χ0) is 20.1. The van der Waals surface area contributed by atoms with Crippen molar-refractivity contribution in [3.8, 4) is 0 Å². The molecule has 5 heteroatoms. The summed E-state index contributed by atoms with van der Waals surface area (Å²) in [6.45, 7) is 4.39. The number of fused-ring (bicyclic) bond motifs is 3. The van der Waals surface area contributed by atoms with E-state index in [-0.39, 0.29) is 17.9 Å². The first-order valence-electron chi connectivity index (χ1n) is 9.54. The maximum absolute atomic E-state index is 11.6. The summed E-state index contributed by atoms with van der Waals surface area (Å²) >= 11 is 0. The number of carboxylic acid groups (broad SMARTS) is 1. The zero-order valence-corrected chi connectivity index (χ0v) is 16.7. The third kappa shape index (κ3) is 2.96. The Morgan fingerprint density at radius 2 is 2.00 bits per heavy atom. The number of ether oxygens (including phenoxy) is 1. The van der Waals surface area contributed by atoms with Crippen LogP contribution in [0.25, 0.3) is 6.08 Å². The number of nitrogens with zero attached hydrogens (tertiary/aromatic N) is 2. The van der Waals surface area contributed by atoms with Crippen LogP contribution in [0.1, 0.15) is 35.3 Å². The molecule has 28 heavy (non-hydrogen) atoms. The van der Waals surface area contributed by atoms with Crippen molar-refractivity contribution in [1.29, 1.82) is 0 Å². The molecule has 0 aromatic heterocycles. The van der Waals surface area contributed by atoms with Gasteiger partial charge in [-0.25, -0.2) is 4.79 Å². The number of hydrogen-bond donors (Lipinski definition) is 1. The van der Waals surface area contributed by atoms with Crippen molar-refractivity contribution in [3.63, 3.8) is 0 Å². The zero-order valence-electron chi connectivity index (χ0n) is 16.7. The lowest BCUT2D eigenvalue weighted by molar-refractivity contribution is 0.0652. The van der Waals surface area contributed by atoms with E-state index in [1.54, 1.807) is 6.07 Å². The minimum atomic E-state index is -0.923. The summed E-state index contributed by atoms with van der Waals surface area (Å²) in [6, 6.07) is 14.0. The highest BCUT2D eigenvalue weighted by molar-refractivity contribution is 5.95. The summed E-state index contributed by atoms with van der Waals surface area (Å²) in [7, 11) is 3.69. The molecule has 0 amide bonds. The van der Waals surface area contributed by atoms with Crippen LogP contribution in [0, 0.1) is 0 Å². The Kier molecular flexibility index (Phi) is 4.42. The molecule has 1 N–H and O–H groups in total. The van der Waals surface area contributed by atoms with E-state index in [1.807, 2.05) is 37.2 Å². The van der Waals surface area contributed by atoms with Gasteiger partial charge in [-0.3, -0.25) is 0 Å². The average Bonchev–Trinajstić information content (AvgIpc) is 3.14. The number of anilines is 2. The van der Waals surface area contributed by atoms with Crippen LogP contribution in [0.4, 0.5) is 11.4 Å². The van der Waals surface area contributed by atoms with E-state index in [4.69, 9.17) is 4.74 Å². The third-order valence-electron chi connectivity index (χ3n) is 5.75. The second-order valence-electron chi connectivity index (χ2n) is 8.20. The normalized spacial score (nSPS) is 22.4. The van der Waals surface area contributed by atoms with Crippen LogP contribution in [-0.2, 0) is 11.2 Å². The van der Waals surface area contributed by atoms with Crippen molar-refractivity contribution in [1.82, 2.24) is 0 Å². The van der Waals surface area contributed by atoms with E-state index in [0.717, 1.165) is 12.0 Å². The van der Waals surface area contributed by atoms with Crippen LogP contribution in [-0.4, -0.2) is 43.0 Å². The van der Waals surface area contributed by atoms with Gasteiger partial charge >= 0.3 is 5.97 Å². The predicted molar refractivity (Wildman–Crippen MR) is 112 cm³/mol. The van der Waals surface area contributed by atoms with Crippen molar-refractivity contribution in [2.75, 3.05) is 23.9 Å². The molecule has 1 saturated heterocycles. The highest BCUT2D eigenvalue weighted by Gasteiger charge is 2.50. The van der Waals surface area contributed by atoms with E-state index in [9.17, 15) is 9.90 Å². The molecule has 0 aliphatic carbocycles. The highest BCUT2D eigenvalue weighted by Crippen LogP contribution is 2.45. The fourth-order valence-electron chi connectivity index (χ4n) is 4.31.